The second kappa shape index (κ2) is 5.05. The van der Waals surface area contributed by atoms with Crippen LogP contribution in [0.5, 0.6) is 0 Å². The fourth-order valence-electron chi connectivity index (χ4n) is 2.01. The largest absolute Gasteiger partial charge is 0.270 e. The Hall–Kier alpha value is -2.08. The molecule has 1 aromatic heterocycles. The number of aromatic nitrogens is 2. The van der Waals surface area contributed by atoms with E-state index in [0.717, 1.165) is 11.1 Å². The molecule has 0 N–H and O–H groups in total. The molecule has 0 amide bonds. The van der Waals surface area contributed by atoms with Crippen LogP contribution in [-0.2, 0) is 6.42 Å². The molecule has 0 fully saturated rings. The van der Waals surface area contributed by atoms with Gasteiger partial charge in [-0.05, 0) is 37.5 Å². The Morgan fingerprint density at radius 2 is 2.17 bits per heavy atom. The molecule has 0 radical (unpaired) electrons. The van der Waals surface area contributed by atoms with E-state index in [2.05, 4.69) is 50.3 Å². The molecule has 0 unspecified atom stereocenters. The van der Waals surface area contributed by atoms with Crippen LogP contribution >= 0.6 is 0 Å². The van der Waals surface area contributed by atoms with Crippen molar-refractivity contribution in [2.45, 2.75) is 33.2 Å². The van der Waals surface area contributed by atoms with E-state index in [1.807, 2.05) is 16.9 Å². The van der Waals surface area contributed by atoms with Crippen LogP contribution in [0.3, 0.4) is 0 Å². The summed E-state index contributed by atoms with van der Waals surface area (Å²) in [5, 5.41) is 13.1. The predicted molar refractivity (Wildman–Crippen MR) is 72.1 cm³/mol. The summed E-state index contributed by atoms with van der Waals surface area (Å²) in [6, 6.07) is 8.71. The van der Waals surface area contributed by atoms with E-state index in [9.17, 15) is 0 Å². The van der Waals surface area contributed by atoms with Crippen LogP contribution in [-0.4, -0.2) is 9.78 Å². The summed E-state index contributed by atoms with van der Waals surface area (Å²) >= 11 is 0. The number of nitriles is 1. The zero-order valence-corrected chi connectivity index (χ0v) is 11.0. The number of benzene rings is 1. The van der Waals surface area contributed by atoms with Crippen molar-refractivity contribution < 1.29 is 0 Å². The van der Waals surface area contributed by atoms with Gasteiger partial charge in [-0.1, -0.05) is 18.2 Å². The van der Waals surface area contributed by atoms with Crippen molar-refractivity contribution in [3.8, 4) is 17.2 Å². The van der Waals surface area contributed by atoms with E-state index in [-0.39, 0.29) is 0 Å². The number of hydrogen-bond donors (Lipinski definition) is 0. The molecule has 2 aromatic rings. The van der Waals surface area contributed by atoms with E-state index in [1.54, 1.807) is 0 Å². The van der Waals surface area contributed by atoms with Crippen LogP contribution in [0.1, 0.15) is 31.0 Å². The lowest BCUT2D eigenvalue weighted by atomic mass is 10.00. The molecule has 3 nitrogen and oxygen atoms in total. The van der Waals surface area contributed by atoms with Gasteiger partial charge in [0.15, 0.2) is 0 Å². The Morgan fingerprint density at radius 1 is 1.39 bits per heavy atom. The number of aryl methyl sites for hydroxylation is 1. The summed E-state index contributed by atoms with van der Waals surface area (Å²) < 4.78 is 1.96. The van der Waals surface area contributed by atoms with Crippen LogP contribution < -0.4 is 0 Å². The molecular formula is C15H17N3. The van der Waals surface area contributed by atoms with Crippen molar-refractivity contribution in [1.82, 2.24) is 9.78 Å². The first-order chi connectivity index (χ1) is 8.61. The smallest absolute Gasteiger partial charge is 0.0669 e. The van der Waals surface area contributed by atoms with Gasteiger partial charge in [-0.2, -0.15) is 10.4 Å². The first-order valence-corrected chi connectivity index (χ1v) is 6.13. The van der Waals surface area contributed by atoms with E-state index >= 15 is 0 Å². The molecule has 0 spiro atoms. The van der Waals surface area contributed by atoms with Crippen molar-refractivity contribution in [2.75, 3.05) is 0 Å². The Kier molecular flexibility index (Phi) is 3.47. The summed E-state index contributed by atoms with van der Waals surface area (Å²) in [5.74, 6) is 0. The zero-order valence-electron chi connectivity index (χ0n) is 11.0. The fraction of sp³-hybridized carbons (Fsp3) is 0.333. The lowest BCUT2D eigenvalue weighted by molar-refractivity contribution is 0.532. The topological polar surface area (TPSA) is 41.6 Å². The van der Waals surface area contributed by atoms with Gasteiger partial charge < -0.3 is 0 Å². The highest BCUT2D eigenvalue weighted by Gasteiger charge is 2.07. The van der Waals surface area contributed by atoms with Gasteiger partial charge >= 0.3 is 0 Å². The van der Waals surface area contributed by atoms with Crippen molar-refractivity contribution in [3.05, 3.63) is 41.7 Å². The lowest BCUT2D eigenvalue weighted by Gasteiger charge is -2.06. The normalized spacial score (nSPS) is 10.6. The van der Waals surface area contributed by atoms with Crippen molar-refractivity contribution in [2.24, 2.45) is 0 Å². The lowest BCUT2D eigenvalue weighted by Crippen LogP contribution is -1.99. The molecule has 1 heterocycles. The number of nitrogens with zero attached hydrogens (tertiary/aromatic N) is 3. The van der Waals surface area contributed by atoms with Gasteiger partial charge in [0.05, 0.1) is 18.7 Å². The predicted octanol–water partition coefficient (Wildman–Crippen LogP) is 3.51. The van der Waals surface area contributed by atoms with Gasteiger partial charge in [0, 0.05) is 17.8 Å². The van der Waals surface area contributed by atoms with Gasteiger partial charge in [-0.25, -0.2) is 0 Å². The Morgan fingerprint density at radius 3 is 2.72 bits per heavy atom. The van der Waals surface area contributed by atoms with Gasteiger partial charge in [-0.15, -0.1) is 0 Å². The average Bonchev–Trinajstić information content (AvgIpc) is 2.79. The third-order valence-electron chi connectivity index (χ3n) is 3.02. The molecule has 0 atom stereocenters. The zero-order chi connectivity index (χ0) is 13.1. The summed E-state index contributed by atoms with van der Waals surface area (Å²) in [7, 11) is 0. The van der Waals surface area contributed by atoms with Crippen LogP contribution in [0.2, 0.25) is 0 Å². The molecule has 1 aromatic carbocycles. The highest BCUT2D eigenvalue weighted by atomic mass is 15.3. The minimum Gasteiger partial charge on any atom is -0.270 e. The number of hydrogen-bond acceptors (Lipinski definition) is 2. The summed E-state index contributed by atoms with van der Waals surface area (Å²) in [6.07, 6.45) is 4.43. The molecule has 92 valence electrons. The molecule has 3 heteroatoms. The first kappa shape index (κ1) is 12.4. The monoisotopic (exact) mass is 239 g/mol. The Balaban J connectivity index is 2.36. The quantitative estimate of drug-likeness (QED) is 0.822. The van der Waals surface area contributed by atoms with Gasteiger partial charge in [0.25, 0.3) is 0 Å². The molecule has 18 heavy (non-hydrogen) atoms. The van der Waals surface area contributed by atoms with Crippen LogP contribution in [0.15, 0.2) is 30.6 Å². The maximum atomic E-state index is 8.70. The second-order valence-corrected chi connectivity index (χ2v) is 4.79. The maximum Gasteiger partial charge on any atom is 0.0669 e. The first-order valence-electron chi connectivity index (χ1n) is 6.13. The minimum atomic E-state index is 0.372. The van der Waals surface area contributed by atoms with Crippen LogP contribution in [0.25, 0.3) is 11.1 Å². The van der Waals surface area contributed by atoms with Crippen LogP contribution in [0, 0.1) is 18.3 Å². The fourth-order valence-corrected chi connectivity index (χ4v) is 2.01. The third-order valence-corrected chi connectivity index (χ3v) is 3.02. The van der Waals surface area contributed by atoms with Crippen molar-refractivity contribution in [3.63, 3.8) is 0 Å². The average molecular weight is 239 g/mol. The highest BCUT2D eigenvalue weighted by molar-refractivity contribution is 5.66. The third kappa shape index (κ3) is 2.43. The SMILES string of the molecule is Cc1cc(CC#N)ccc1-c1cnn(C(C)C)c1. The standard InChI is InChI=1S/C15H17N3/c1-11(2)18-10-14(9-17-18)15-5-4-13(6-7-16)8-12(15)3/h4-5,8-11H,6H2,1-3H3. The van der Waals surface area contributed by atoms with Gasteiger partial charge in [0.2, 0.25) is 0 Å². The van der Waals surface area contributed by atoms with Crippen molar-refractivity contribution in [1.29, 1.82) is 5.26 Å². The van der Waals surface area contributed by atoms with Crippen LogP contribution in [0.4, 0.5) is 0 Å². The van der Waals surface area contributed by atoms with Gasteiger partial charge in [0.1, 0.15) is 0 Å². The minimum absolute atomic E-state index is 0.372. The Bertz CT molecular complexity index is 588. The Labute approximate surface area is 108 Å². The van der Waals surface area contributed by atoms with E-state index in [1.165, 1.54) is 11.1 Å². The summed E-state index contributed by atoms with van der Waals surface area (Å²) in [4.78, 5) is 0. The molecule has 0 saturated heterocycles. The molecule has 0 aliphatic carbocycles. The molecule has 0 saturated carbocycles. The van der Waals surface area contributed by atoms with Gasteiger partial charge in [-0.3, -0.25) is 4.68 Å². The molecule has 2 rings (SSSR count). The summed E-state index contributed by atoms with van der Waals surface area (Å²) in [5.41, 5.74) is 4.56. The molecule has 0 bridgehead atoms. The second-order valence-electron chi connectivity index (χ2n) is 4.79. The maximum absolute atomic E-state index is 8.70. The number of rotatable bonds is 3. The van der Waals surface area contributed by atoms with E-state index in [4.69, 9.17) is 5.26 Å². The molecule has 0 aliphatic heterocycles. The van der Waals surface area contributed by atoms with E-state index in [0.29, 0.717) is 12.5 Å². The molecule has 0 aliphatic rings. The summed E-state index contributed by atoms with van der Waals surface area (Å²) in [6.45, 7) is 6.29. The molecular weight excluding hydrogens is 222 g/mol. The highest BCUT2D eigenvalue weighted by Crippen LogP contribution is 2.24. The van der Waals surface area contributed by atoms with Crippen molar-refractivity contribution >= 4 is 0 Å². The van der Waals surface area contributed by atoms with E-state index < -0.39 is 0 Å².